The number of anilines is 1. The first-order valence-corrected chi connectivity index (χ1v) is 11.1. The van der Waals surface area contributed by atoms with E-state index < -0.39 is 24.4 Å². The number of pyridine rings is 1. The van der Waals surface area contributed by atoms with E-state index in [9.17, 15) is 22.8 Å². The molecule has 4 rings (SSSR count). The van der Waals surface area contributed by atoms with E-state index >= 15 is 0 Å². The Balaban J connectivity index is 1.60. The SMILES string of the molecule is Cc1cc(N2CC(c3cc(Cl)cc(Cl)c3)(C(F)(F)F)OC2=O)ccc1C(=O)NCc1ccccn1. The Hall–Kier alpha value is -3.30. The van der Waals surface area contributed by atoms with E-state index in [0.717, 1.165) is 17.0 Å². The molecular formula is C24H18Cl2F3N3O3. The molecule has 3 aromatic rings. The maximum atomic E-state index is 14.3. The minimum Gasteiger partial charge on any atom is -0.426 e. The van der Waals surface area contributed by atoms with Crippen LogP contribution in [0.2, 0.25) is 10.0 Å². The van der Waals surface area contributed by atoms with Crippen LogP contribution < -0.4 is 10.2 Å². The van der Waals surface area contributed by atoms with Crippen molar-refractivity contribution in [2.24, 2.45) is 0 Å². The predicted octanol–water partition coefficient (Wildman–Crippen LogP) is 6.04. The first kappa shape index (κ1) is 24.8. The summed E-state index contributed by atoms with van der Waals surface area (Å²) in [5.74, 6) is -0.387. The van der Waals surface area contributed by atoms with Crippen LogP contribution in [0.3, 0.4) is 0 Å². The Bertz CT molecular complexity index is 1270. The van der Waals surface area contributed by atoms with Gasteiger partial charge in [0.2, 0.25) is 0 Å². The summed E-state index contributed by atoms with van der Waals surface area (Å²) in [5, 5.41) is 2.69. The highest BCUT2D eigenvalue weighted by Crippen LogP contribution is 2.48. The number of hydrogen-bond donors (Lipinski definition) is 1. The van der Waals surface area contributed by atoms with Gasteiger partial charge in [-0.25, -0.2) is 4.79 Å². The van der Waals surface area contributed by atoms with Gasteiger partial charge in [0.15, 0.2) is 0 Å². The molecule has 182 valence electrons. The second-order valence-electron chi connectivity index (χ2n) is 7.94. The molecule has 35 heavy (non-hydrogen) atoms. The van der Waals surface area contributed by atoms with Crippen molar-refractivity contribution in [2.45, 2.75) is 25.2 Å². The van der Waals surface area contributed by atoms with Crippen LogP contribution in [0.1, 0.15) is 27.2 Å². The number of nitrogens with zero attached hydrogens (tertiary/aromatic N) is 2. The normalized spacial score (nSPS) is 17.9. The highest BCUT2D eigenvalue weighted by molar-refractivity contribution is 6.34. The Kier molecular flexibility index (Phi) is 6.66. The van der Waals surface area contributed by atoms with E-state index in [4.69, 9.17) is 27.9 Å². The van der Waals surface area contributed by atoms with Crippen LogP contribution in [0.25, 0.3) is 0 Å². The molecule has 2 heterocycles. The number of carbonyl (C=O) groups excluding carboxylic acids is 2. The van der Waals surface area contributed by atoms with Gasteiger partial charge in [-0.05, 0) is 61.0 Å². The number of ether oxygens (including phenoxy) is 1. The van der Waals surface area contributed by atoms with Gasteiger partial charge in [-0.2, -0.15) is 13.2 Å². The molecule has 2 aromatic carbocycles. The van der Waals surface area contributed by atoms with Gasteiger partial charge in [0.05, 0.1) is 18.8 Å². The quantitative estimate of drug-likeness (QED) is 0.442. The van der Waals surface area contributed by atoms with Crippen molar-refractivity contribution in [3.8, 4) is 0 Å². The zero-order valence-electron chi connectivity index (χ0n) is 18.2. The minimum atomic E-state index is -4.95. The average Bonchev–Trinajstić information content (AvgIpc) is 3.16. The van der Waals surface area contributed by atoms with Crippen LogP contribution in [0.15, 0.2) is 60.8 Å². The van der Waals surface area contributed by atoms with Gasteiger partial charge in [-0.1, -0.05) is 29.3 Å². The third kappa shape index (κ3) is 4.92. The van der Waals surface area contributed by atoms with Gasteiger partial charge in [-0.3, -0.25) is 14.7 Å². The Morgan fingerprint density at radius 3 is 2.46 bits per heavy atom. The number of hydrogen-bond acceptors (Lipinski definition) is 4. The molecule has 1 N–H and O–H groups in total. The van der Waals surface area contributed by atoms with Gasteiger partial charge >= 0.3 is 12.3 Å². The smallest absolute Gasteiger partial charge is 0.426 e. The lowest BCUT2D eigenvalue weighted by molar-refractivity contribution is -0.250. The van der Waals surface area contributed by atoms with Gasteiger partial charge in [0.25, 0.3) is 11.5 Å². The summed E-state index contributed by atoms with van der Waals surface area (Å²) in [6, 6.07) is 13.0. The highest BCUT2D eigenvalue weighted by Gasteiger charge is 2.65. The molecule has 0 radical (unpaired) electrons. The van der Waals surface area contributed by atoms with Crippen molar-refractivity contribution in [1.82, 2.24) is 10.3 Å². The van der Waals surface area contributed by atoms with Gasteiger partial charge in [0, 0.05) is 33.1 Å². The fraction of sp³-hybridized carbons (Fsp3) is 0.208. The first-order chi connectivity index (χ1) is 16.5. The van der Waals surface area contributed by atoms with Crippen LogP contribution in [-0.2, 0) is 16.9 Å². The average molecular weight is 524 g/mol. The molecule has 0 bridgehead atoms. The second kappa shape index (κ2) is 9.39. The van der Waals surface area contributed by atoms with Gasteiger partial charge in [0.1, 0.15) is 0 Å². The maximum Gasteiger partial charge on any atom is 0.434 e. The Labute approximate surface area is 208 Å². The number of carbonyl (C=O) groups is 2. The fourth-order valence-electron chi connectivity index (χ4n) is 3.81. The fourth-order valence-corrected chi connectivity index (χ4v) is 4.33. The lowest BCUT2D eigenvalue weighted by atomic mass is 9.92. The highest BCUT2D eigenvalue weighted by atomic mass is 35.5. The van der Waals surface area contributed by atoms with Crippen LogP contribution in [0.5, 0.6) is 0 Å². The number of cyclic esters (lactones) is 1. The topological polar surface area (TPSA) is 71.5 Å². The molecule has 1 aliphatic heterocycles. The molecule has 0 saturated carbocycles. The minimum absolute atomic E-state index is 0.0254. The maximum absolute atomic E-state index is 14.3. The van der Waals surface area contributed by atoms with Crippen LogP contribution in [0.4, 0.5) is 23.7 Å². The molecule has 11 heteroatoms. The van der Waals surface area contributed by atoms with Gasteiger partial charge < -0.3 is 10.1 Å². The van der Waals surface area contributed by atoms with E-state index in [-0.39, 0.29) is 33.7 Å². The predicted molar refractivity (Wildman–Crippen MR) is 125 cm³/mol. The van der Waals surface area contributed by atoms with E-state index in [1.54, 1.807) is 31.3 Å². The number of alkyl halides is 3. The number of halogens is 5. The zero-order valence-corrected chi connectivity index (χ0v) is 19.7. The molecule has 2 amide bonds. The Morgan fingerprint density at radius 2 is 1.86 bits per heavy atom. The third-order valence-electron chi connectivity index (χ3n) is 5.57. The zero-order chi connectivity index (χ0) is 25.4. The standard InChI is InChI=1S/C24H18Cl2F3N3O3/c1-14-8-19(5-6-20(14)21(33)31-12-18-4-2-3-7-30-18)32-13-23(24(27,28)29,35-22(32)34)15-9-16(25)11-17(26)10-15/h2-11H,12-13H2,1H3,(H,31,33). The van der Waals surface area contributed by atoms with Crippen LogP contribution in [0, 0.1) is 6.92 Å². The molecule has 1 aliphatic rings. The number of aromatic nitrogens is 1. The summed E-state index contributed by atoms with van der Waals surface area (Å²) >= 11 is 11.8. The monoisotopic (exact) mass is 523 g/mol. The summed E-state index contributed by atoms with van der Waals surface area (Å²) in [6.07, 6.45) is -4.54. The first-order valence-electron chi connectivity index (χ1n) is 10.3. The molecule has 1 fully saturated rings. The molecule has 1 unspecified atom stereocenters. The van der Waals surface area contributed by atoms with E-state index in [1.165, 1.54) is 24.3 Å². The second-order valence-corrected chi connectivity index (χ2v) is 8.81. The molecule has 1 aromatic heterocycles. The number of amides is 2. The van der Waals surface area contributed by atoms with Crippen molar-refractivity contribution in [2.75, 3.05) is 11.4 Å². The van der Waals surface area contributed by atoms with Crippen molar-refractivity contribution in [3.05, 3.63) is 93.2 Å². The van der Waals surface area contributed by atoms with Crippen LogP contribution >= 0.6 is 23.2 Å². The molecular weight excluding hydrogens is 506 g/mol. The van der Waals surface area contributed by atoms with Crippen molar-refractivity contribution in [3.63, 3.8) is 0 Å². The molecule has 1 saturated heterocycles. The van der Waals surface area contributed by atoms with Crippen molar-refractivity contribution < 1.29 is 27.5 Å². The van der Waals surface area contributed by atoms with Crippen LogP contribution in [-0.4, -0.2) is 29.7 Å². The summed E-state index contributed by atoms with van der Waals surface area (Å²) < 4.78 is 47.7. The number of benzene rings is 2. The van der Waals surface area contributed by atoms with Crippen molar-refractivity contribution >= 4 is 40.9 Å². The lowest BCUT2D eigenvalue weighted by Gasteiger charge is -2.30. The van der Waals surface area contributed by atoms with E-state index in [1.807, 2.05) is 0 Å². The largest absolute Gasteiger partial charge is 0.434 e. The Morgan fingerprint density at radius 1 is 1.14 bits per heavy atom. The van der Waals surface area contributed by atoms with Gasteiger partial charge in [-0.15, -0.1) is 0 Å². The summed E-state index contributed by atoms with van der Waals surface area (Å²) in [4.78, 5) is 30.2. The molecule has 0 spiro atoms. The molecule has 1 atom stereocenters. The number of nitrogens with one attached hydrogen (secondary N) is 1. The summed E-state index contributed by atoms with van der Waals surface area (Å²) in [6.45, 7) is 0.973. The molecule has 0 aliphatic carbocycles. The molecule has 6 nitrogen and oxygen atoms in total. The van der Waals surface area contributed by atoms with E-state index in [0.29, 0.717) is 16.8 Å². The van der Waals surface area contributed by atoms with E-state index in [2.05, 4.69) is 10.3 Å². The lowest BCUT2D eigenvalue weighted by Crippen LogP contribution is -2.46. The van der Waals surface area contributed by atoms with Crippen molar-refractivity contribution in [1.29, 1.82) is 0 Å². The third-order valence-corrected chi connectivity index (χ3v) is 6.01. The number of aryl methyl sites for hydroxylation is 1. The number of rotatable bonds is 5. The summed E-state index contributed by atoms with van der Waals surface area (Å²) in [5.41, 5.74) is -1.77. The summed E-state index contributed by atoms with van der Waals surface area (Å²) in [7, 11) is 0.